The number of hydrogen-bond acceptors (Lipinski definition) is 2. The van der Waals surface area contributed by atoms with Gasteiger partial charge in [0.25, 0.3) is 0 Å². The minimum Gasteiger partial charge on any atom is -0.395 e. The third kappa shape index (κ3) is 1.51. The van der Waals surface area contributed by atoms with Crippen molar-refractivity contribution in [3.63, 3.8) is 0 Å². The minimum atomic E-state index is 0.0944. The summed E-state index contributed by atoms with van der Waals surface area (Å²) in [6.07, 6.45) is 3.66. The van der Waals surface area contributed by atoms with E-state index in [1.165, 1.54) is 34.6 Å². The minimum absolute atomic E-state index is 0.0944. The third-order valence-electron chi connectivity index (χ3n) is 4.22. The molecule has 1 aliphatic carbocycles. The number of hydrogen-bond donors (Lipinski definition) is 1. The van der Waals surface area contributed by atoms with Gasteiger partial charge in [-0.3, -0.25) is 0 Å². The fraction of sp³-hybridized carbons (Fsp3) is 0.571. The SMILES string of the molecule is CC1CC1(CO)c1ccc2c(c1)CCCS2. The van der Waals surface area contributed by atoms with E-state index >= 15 is 0 Å². The second kappa shape index (κ2) is 3.78. The van der Waals surface area contributed by atoms with Gasteiger partial charge in [0.15, 0.2) is 0 Å². The zero-order valence-electron chi connectivity index (χ0n) is 9.70. The first-order chi connectivity index (χ1) is 7.76. The Bertz CT molecular complexity index is 411. The molecule has 0 aromatic heterocycles. The van der Waals surface area contributed by atoms with E-state index in [0.717, 1.165) is 6.42 Å². The maximum absolute atomic E-state index is 9.58. The lowest BCUT2D eigenvalue weighted by atomic mass is 9.92. The van der Waals surface area contributed by atoms with E-state index in [1.54, 1.807) is 0 Å². The van der Waals surface area contributed by atoms with Crippen LogP contribution >= 0.6 is 11.8 Å². The molecule has 1 fully saturated rings. The third-order valence-corrected chi connectivity index (χ3v) is 5.42. The number of fused-ring (bicyclic) bond motifs is 1. The van der Waals surface area contributed by atoms with Crippen LogP contribution in [0.5, 0.6) is 0 Å². The van der Waals surface area contributed by atoms with Crippen LogP contribution in [0.3, 0.4) is 0 Å². The summed E-state index contributed by atoms with van der Waals surface area (Å²) in [5, 5.41) is 9.58. The van der Waals surface area contributed by atoms with E-state index in [9.17, 15) is 5.11 Å². The molecule has 1 nitrogen and oxygen atoms in total. The zero-order chi connectivity index (χ0) is 11.2. The first-order valence-electron chi connectivity index (χ1n) is 6.13. The lowest BCUT2D eigenvalue weighted by Crippen LogP contribution is -2.15. The molecule has 2 heteroatoms. The number of aryl methyl sites for hydroxylation is 1. The summed E-state index contributed by atoms with van der Waals surface area (Å²) >= 11 is 1.97. The molecule has 1 N–H and O–H groups in total. The predicted molar refractivity (Wildman–Crippen MR) is 68.0 cm³/mol. The lowest BCUT2D eigenvalue weighted by Gasteiger charge is -2.20. The van der Waals surface area contributed by atoms with Crippen LogP contribution in [0.4, 0.5) is 0 Å². The summed E-state index contributed by atoms with van der Waals surface area (Å²) in [5.41, 5.74) is 2.96. The van der Waals surface area contributed by atoms with Crippen molar-refractivity contribution < 1.29 is 5.11 Å². The van der Waals surface area contributed by atoms with Gasteiger partial charge < -0.3 is 5.11 Å². The molecule has 2 unspecified atom stereocenters. The van der Waals surface area contributed by atoms with Crippen LogP contribution in [0.1, 0.15) is 30.9 Å². The first-order valence-corrected chi connectivity index (χ1v) is 7.12. The molecule has 0 radical (unpaired) electrons. The van der Waals surface area contributed by atoms with Crippen LogP contribution in [0.15, 0.2) is 23.1 Å². The number of aliphatic hydroxyl groups excluding tert-OH is 1. The summed E-state index contributed by atoms with van der Waals surface area (Å²) in [6, 6.07) is 6.84. The van der Waals surface area contributed by atoms with Crippen molar-refractivity contribution in [1.82, 2.24) is 0 Å². The largest absolute Gasteiger partial charge is 0.395 e. The van der Waals surface area contributed by atoms with E-state index in [0.29, 0.717) is 12.5 Å². The number of benzene rings is 1. The van der Waals surface area contributed by atoms with Gasteiger partial charge in [0, 0.05) is 10.3 Å². The second-order valence-electron chi connectivity index (χ2n) is 5.19. The van der Waals surface area contributed by atoms with E-state index in [4.69, 9.17) is 0 Å². The Morgan fingerprint density at radius 2 is 2.31 bits per heavy atom. The van der Waals surface area contributed by atoms with E-state index < -0.39 is 0 Å². The molecule has 0 bridgehead atoms. The molecule has 2 aliphatic rings. The van der Waals surface area contributed by atoms with Crippen molar-refractivity contribution in [3.05, 3.63) is 29.3 Å². The Hall–Kier alpha value is -0.470. The second-order valence-corrected chi connectivity index (χ2v) is 6.33. The molecular weight excluding hydrogens is 216 g/mol. The molecule has 1 heterocycles. The predicted octanol–water partition coefficient (Wildman–Crippen LogP) is 2.99. The van der Waals surface area contributed by atoms with Crippen LogP contribution < -0.4 is 0 Å². The standard InChI is InChI=1S/C14H18OS/c1-10-8-14(10,9-15)12-4-5-13-11(7-12)3-2-6-16-13/h4-5,7,10,15H,2-3,6,8-9H2,1H3. The smallest absolute Gasteiger partial charge is 0.0530 e. The van der Waals surface area contributed by atoms with E-state index in [1.807, 2.05) is 11.8 Å². The van der Waals surface area contributed by atoms with Gasteiger partial charge in [0.1, 0.15) is 0 Å². The summed E-state index contributed by atoms with van der Waals surface area (Å²) < 4.78 is 0. The molecule has 2 atom stereocenters. The van der Waals surface area contributed by atoms with Crippen LogP contribution in [0.2, 0.25) is 0 Å². The van der Waals surface area contributed by atoms with Crippen LogP contribution in [-0.4, -0.2) is 17.5 Å². The zero-order valence-corrected chi connectivity index (χ0v) is 10.5. The molecule has 1 aliphatic heterocycles. The number of rotatable bonds is 2. The molecule has 0 amide bonds. The molecule has 0 spiro atoms. The van der Waals surface area contributed by atoms with Crippen molar-refractivity contribution in [2.24, 2.45) is 5.92 Å². The van der Waals surface area contributed by atoms with Crippen molar-refractivity contribution in [2.45, 2.75) is 36.5 Å². The van der Waals surface area contributed by atoms with E-state index in [2.05, 4.69) is 25.1 Å². The highest BCUT2D eigenvalue weighted by atomic mass is 32.2. The number of aliphatic hydroxyl groups is 1. The van der Waals surface area contributed by atoms with Crippen LogP contribution in [-0.2, 0) is 11.8 Å². The quantitative estimate of drug-likeness (QED) is 0.849. The van der Waals surface area contributed by atoms with Crippen molar-refractivity contribution >= 4 is 11.8 Å². The van der Waals surface area contributed by atoms with Gasteiger partial charge in [0.05, 0.1) is 6.61 Å². The van der Waals surface area contributed by atoms with Gasteiger partial charge >= 0.3 is 0 Å². The van der Waals surface area contributed by atoms with Gasteiger partial charge in [-0.2, -0.15) is 0 Å². The van der Waals surface area contributed by atoms with Crippen molar-refractivity contribution in [3.8, 4) is 0 Å². The van der Waals surface area contributed by atoms with Gasteiger partial charge in [-0.1, -0.05) is 19.1 Å². The summed E-state index contributed by atoms with van der Waals surface area (Å²) in [7, 11) is 0. The van der Waals surface area contributed by atoms with E-state index in [-0.39, 0.29) is 5.41 Å². The molecule has 1 aromatic carbocycles. The summed E-state index contributed by atoms with van der Waals surface area (Å²) in [5.74, 6) is 1.90. The average molecular weight is 234 g/mol. The Morgan fingerprint density at radius 1 is 1.50 bits per heavy atom. The fourth-order valence-corrected chi connectivity index (χ4v) is 3.89. The van der Waals surface area contributed by atoms with Crippen LogP contribution in [0, 0.1) is 5.92 Å². The maximum Gasteiger partial charge on any atom is 0.0530 e. The molecule has 3 rings (SSSR count). The van der Waals surface area contributed by atoms with Crippen molar-refractivity contribution in [1.29, 1.82) is 0 Å². The molecule has 1 aromatic rings. The summed E-state index contributed by atoms with van der Waals surface area (Å²) in [6.45, 7) is 2.55. The monoisotopic (exact) mass is 234 g/mol. The lowest BCUT2D eigenvalue weighted by molar-refractivity contribution is 0.247. The summed E-state index contributed by atoms with van der Waals surface area (Å²) in [4.78, 5) is 1.45. The molecule has 1 saturated carbocycles. The van der Waals surface area contributed by atoms with Gasteiger partial charge in [0.2, 0.25) is 0 Å². The molecule has 0 saturated heterocycles. The number of thioether (sulfide) groups is 1. The maximum atomic E-state index is 9.58. The van der Waals surface area contributed by atoms with Gasteiger partial charge in [-0.05, 0) is 48.1 Å². The Balaban J connectivity index is 1.97. The molecule has 16 heavy (non-hydrogen) atoms. The molecular formula is C14H18OS. The van der Waals surface area contributed by atoms with Crippen LogP contribution in [0.25, 0.3) is 0 Å². The normalized spacial score (nSPS) is 32.2. The van der Waals surface area contributed by atoms with Crippen molar-refractivity contribution in [2.75, 3.05) is 12.4 Å². The average Bonchev–Trinajstić information content (AvgIpc) is 3.01. The van der Waals surface area contributed by atoms with Gasteiger partial charge in [-0.15, -0.1) is 11.8 Å². The highest BCUT2D eigenvalue weighted by Gasteiger charge is 2.51. The fourth-order valence-electron chi connectivity index (χ4n) is 2.87. The Kier molecular flexibility index (Phi) is 2.52. The Morgan fingerprint density at radius 3 is 3.00 bits per heavy atom. The topological polar surface area (TPSA) is 20.2 Å². The Labute approximate surface area is 101 Å². The highest BCUT2D eigenvalue weighted by Crippen LogP contribution is 2.54. The first kappa shape index (κ1) is 10.7. The molecule has 86 valence electrons. The van der Waals surface area contributed by atoms with Gasteiger partial charge in [-0.25, -0.2) is 0 Å². The highest BCUT2D eigenvalue weighted by molar-refractivity contribution is 7.99.